The number of carbonyl (C=O) groups is 2. The molecule has 1 fully saturated rings. The summed E-state index contributed by atoms with van der Waals surface area (Å²) in [7, 11) is 0. The standard InChI is InChI=1S/C25H29N3O2/c1-19-7-3-4-9-22(19)18-26-13-15-27(16-14-26)25(30)17-24-23-10-6-5-8-21(23)11-12-28(24)20(2)29/h3-12,24H,13-18H2,1-2H3. The Morgan fingerprint density at radius 2 is 1.67 bits per heavy atom. The maximum atomic E-state index is 13.1. The number of hydrogen-bond donors (Lipinski definition) is 0. The second kappa shape index (κ2) is 8.84. The zero-order chi connectivity index (χ0) is 21.1. The number of amides is 2. The molecule has 0 saturated carbocycles. The Kier molecular flexibility index (Phi) is 6.00. The van der Waals surface area contributed by atoms with Gasteiger partial charge in [-0.3, -0.25) is 14.5 Å². The van der Waals surface area contributed by atoms with Crippen molar-refractivity contribution in [1.29, 1.82) is 0 Å². The Bertz CT molecular complexity index is 960. The molecule has 2 aromatic rings. The molecular weight excluding hydrogens is 374 g/mol. The van der Waals surface area contributed by atoms with Gasteiger partial charge in [0.1, 0.15) is 0 Å². The van der Waals surface area contributed by atoms with E-state index < -0.39 is 0 Å². The van der Waals surface area contributed by atoms with Crippen molar-refractivity contribution in [2.75, 3.05) is 26.2 Å². The summed E-state index contributed by atoms with van der Waals surface area (Å²) >= 11 is 0. The van der Waals surface area contributed by atoms with E-state index in [4.69, 9.17) is 0 Å². The summed E-state index contributed by atoms with van der Waals surface area (Å²) in [4.78, 5) is 31.3. The minimum Gasteiger partial charge on any atom is -0.340 e. The van der Waals surface area contributed by atoms with Crippen LogP contribution in [0.1, 0.15) is 41.6 Å². The number of rotatable bonds is 4. The molecule has 5 heteroatoms. The molecule has 4 rings (SSSR count). The van der Waals surface area contributed by atoms with E-state index in [1.54, 1.807) is 11.8 Å². The largest absolute Gasteiger partial charge is 0.340 e. The van der Waals surface area contributed by atoms with Crippen molar-refractivity contribution in [3.63, 3.8) is 0 Å². The second-order valence-electron chi connectivity index (χ2n) is 8.17. The van der Waals surface area contributed by atoms with E-state index in [9.17, 15) is 9.59 Å². The van der Waals surface area contributed by atoms with Gasteiger partial charge < -0.3 is 9.80 Å². The maximum absolute atomic E-state index is 13.1. The minimum absolute atomic E-state index is 0.0402. The Morgan fingerprint density at radius 3 is 2.40 bits per heavy atom. The van der Waals surface area contributed by atoms with Crippen molar-refractivity contribution in [1.82, 2.24) is 14.7 Å². The number of fused-ring (bicyclic) bond motifs is 1. The van der Waals surface area contributed by atoms with Gasteiger partial charge in [0.05, 0.1) is 12.5 Å². The summed E-state index contributed by atoms with van der Waals surface area (Å²) in [6.07, 6.45) is 4.07. The SMILES string of the molecule is CC(=O)N1C=Cc2ccccc2C1CC(=O)N1CCN(Cc2ccccc2C)CC1. The second-order valence-corrected chi connectivity index (χ2v) is 8.17. The number of hydrogen-bond acceptors (Lipinski definition) is 3. The van der Waals surface area contributed by atoms with Crippen LogP contribution in [0.15, 0.2) is 54.7 Å². The van der Waals surface area contributed by atoms with Gasteiger partial charge in [-0.15, -0.1) is 0 Å². The molecule has 0 aromatic heterocycles. The van der Waals surface area contributed by atoms with E-state index in [-0.39, 0.29) is 17.9 Å². The molecule has 2 aliphatic rings. The summed E-state index contributed by atoms with van der Waals surface area (Å²) in [5, 5.41) is 0. The van der Waals surface area contributed by atoms with Gasteiger partial charge in [0.2, 0.25) is 11.8 Å². The van der Waals surface area contributed by atoms with Crippen LogP contribution in [-0.2, 0) is 16.1 Å². The zero-order valence-electron chi connectivity index (χ0n) is 17.8. The van der Waals surface area contributed by atoms with Gasteiger partial charge in [-0.2, -0.15) is 0 Å². The topological polar surface area (TPSA) is 43.9 Å². The highest BCUT2D eigenvalue weighted by molar-refractivity contribution is 5.82. The molecule has 0 spiro atoms. The monoisotopic (exact) mass is 403 g/mol. The fourth-order valence-electron chi connectivity index (χ4n) is 4.39. The Balaban J connectivity index is 1.39. The molecule has 2 aromatic carbocycles. The van der Waals surface area contributed by atoms with Crippen LogP contribution in [-0.4, -0.2) is 52.7 Å². The van der Waals surface area contributed by atoms with Gasteiger partial charge in [0.25, 0.3) is 0 Å². The first-order chi connectivity index (χ1) is 14.5. The van der Waals surface area contributed by atoms with Gasteiger partial charge >= 0.3 is 0 Å². The first-order valence-corrected chi connectivity index (χ1v) is 10.6. The molecule has 156 valence electrons. The van der Waals surface area contributed by atoms with Crippen LogP contribution in [0, 0.1) is 6.92 Å². The molecule has 2 aliphatic heterocycles. The Labute approximate surface area is 178 Å². The maximum Gasteiger partial charge on any atom is 0.225 e. The average molecular weight is 404 g/mol. The fourth-order valence-corrected chi connectivity index (χ4v) is 4.39. The number of carbonyl (C=O) groups excluding carboxylic acids is 2. The van der Waals surface area contributed by atoms with E-state index in [0.29, 0.717) is 6.42 Å². The lowest BCUT2D eigenvalue weighted by Crippen LogP contribution is -2.49. The van der Waals surface area contributed by atoms with Crippen molar-refractivity contribution in [3.05, 3.63) is 77.0 Å². The van der Waals surface area contributed by atoms with E-state index in [1.807, 2.05) is 41.4 Å². The third-order valence-corrected chi connectivity index (χ3v) is 6.22. The van der Waals surface area contributed by atoms with E-state index >= 15 is 0 Å². The van der Waals surface area contributed by atoms with E-state index in [1.165, 1.54) is 11.1 Å². The molecular formula is C25H29N3O2. The van der Waals surface area contributed by atoms with Gasteiger partial charge in [-0.1, -0.05) is 48.5 Å². The third kappa shape index (κ3) is 4.31. The van der Waals surface area contributed by atoms with Crippen molar-refractivity contribution in [2.24, 2.45) is 0 Å². The van der Waals surface area contributed by atoms with Crippen LogP contribution in [0.5, 0.6) is 0 Å². The minimum atomic E-state index is -0.235. The summed E-state index contributed by atoms with van der Waals surface area (Å²) in [5.41, 5.74) is 4.78. The molecule has 0 aliphatic carbocycles. The van der Waals surface area contributed by atoms with Crippen molar-refractivity contribution < 1.29 is 9.59 Å². The predicted molar refractivity (Wildman–Crippen MR) is 118 cm³/mol. The average Bonchev–Trinajstić information content (AvgIpc) is 2.76. The van der Waals surface area contributed by atoms with Crippen LogP contribution in [0.3, 0.4) is 0 Å². The fraction of sp³-hybridized carbons (Fsp3) is 0.360. The number of nitrogens with zero attached hydrogens (tertiary/aromatic N) is 3. The molecule has 30 heavy (non-hydrogen) atoms. The molecule has 0 radical (unpaired) electrons. The first-order valence-electron chi connectivity index (χ1n) is 10.6. The number of aryl methyl sites for hydroxylation is 1. The highest BCUT2D eigenvalue weighted by Crippen LogP contribution is 2.33. The third-order valence-electron chi connectivity index (χ3n) is 6.22. The van der Waals surface area contributed by atoms with Crippen LogP contribution < -0.4 is 0 Å². The molecule has 0 bridgehead atoms. The molecule has 0 N–H and O–H groups in total. The summed E-state index contributed by atoms with van der Waals surface area (Å²) in [5.74, 6) is 0.0773. The van der Waals surface area contributed by atoms with Gasteiger partial charge in [0, 0.05) is 45.8 Å². The lowest BCUT2D eigenvalue weighted by molar-refractivity contribution is -0.136. The zero-order valence-corrected chi connectivity index (χ0v) is 17.8. The van der Waals surface area contributed by atoms with Crippen molar-refractivity contribution in [2.45, 2.75) is 32.9 Å². The van der Waals surface area contributed by atoms with Gasteiger partial charge in [0.15, 0.2) is 0 Å². The van der Waals surface area contributed by atoms with Crippen LogP contribution in [0.4, 0.5) is 0 Å². The van der Waals surface area contributed by atoms with Crippen LogP contribution >= 0.6 is 0 Å². The highest BCUT2D eigenvalue weighted by Gasteiger charge is 2.31. The smallest absolute Gasteiger partial charge is 0.225 e. The summed E-state index contributed by atoms with van der Waals surface area (Å²) in [6, 6.07) is 16.2. The van der Waals surface area contributed by atoms with Crippen LogP contribution in [0.2, 0.25) is 0 Å². The van der Waals surface area contributed by atoms with E-state index in [0.717, 1.165) is 43.9 Å². The molecule has 5 nitrogen and oxygen atoms in total. The number of piperazine rings is 1. The highest BCUT2D eigenvalue weighted by atomic mass is 16.2. The quantitative estimate of drug-likeness (QED) is 0.783. The summed E-state index contributed by atoms with van der Waals surface area (Å²) < 4.78 is 0. The lowest BCUT2D eigenvalue weighted by atomic mass is 9.93. The predicted octanol–water partition coefficient (Wildman–Crippen LogP) is 3.60. The van der Waals surface area contributed by atoms with Gasteiger partial charge in [-0.05, 0) is 35.3 Å². The molecule has 1 atom stereocenters. The Hall–Kier alpha value is -2.92. The molecule has 1 unspecified atom stereocenters. The first kappa shape index (κ1) is 20.4. The molecule has 2 amide bonds. The summed E-state index contributed by atoms with van der Waals surface area (Å²) in [6.45, 7) is 7.83. The molecule has 2 heterocycles. The van der Waals surface area contributed by atoms with Crippen molar-refractivity contribution in [3.8, 4) is 0 Å². The van der Waals surface area contributed by atoms with E-state index in [2.05, 4.69) is 36.1 Å². The van der Waals surface area contributed by atoms with Crippen molar-refractivity contribution >= 4 is 17.9 Å². The number of benzene rings is 2. The Morgan fingerprint density at radius 1 is 0.967 bits per heavy atom. The van der Waals surface area contributed by atoms with Crippen LogP contribution in [0.25, 0.3) is 6.08 Å². The normalized spacial score (nSPS) is 18.9. The molecule has 1 saturated heterocycles. The van der Waals surface area contributed by atoms with Gasteiger partial charge in [-0.25, -0.2) is 0 Å². The lowest BCUT2D eigenvalue weighted by Gasteiger charge is -2.37.